The van der Waals surface area contributed by atoms with Gasteiger partial charge >= 0.3 is 0 Å². The maximum atomic E-state index is 12.7. The van der Waals surface area contributed by atoms with Crippen LogP contribution in [-0.4, -0.2) is 46.7 Å². The third-order valence-corrected chi connectivity index (χ3v) is 5.37. The van der Waals surface area contributed by atoms with Crippen molar-refractivity contribution >= 4 is 17.5 Å². The standard InChI is InChI=1S/C19H23ClN4O/c20-15-5-3-14(4-6-15)17-11-18(23-22-17)19(25)24-9-7-16(8-10-24)21-12-13-1-2-13/h3-6,11,13,16,21H,1-2,7-10,12H2,(H,22,23). The molecule has 2 heterocycles. The van der Waals surface area contributed by atoms with Crippen LogP contribution in [0.1, 0.15) is 36.2 Å². The van der Waals surface area contributed by atoms with Crippen molar-refractivity contribution in [3.8, 4) is 11.3 Å². The molecule has 0 bridgehead atoms. The molecule has 6 heteroatoms. The van der Waals surface area contributed by atoms with E-state index in [1.54, 1.807) is 0 Å². The second-order valence-electron chi connectivity index (χ2n) is 7.09. The lowest BCUT2D eigenvalue weighted by atomic mass is 10.0. The molecule has 2 aromatic rings. The molecule has 1 saturated heterocycles. The Hall–Kier alpha value is -1.85. The zero-order valence-electron chi connectivity index (χ0n) is 14.2. The Kier molecular flexibility index (Phi) is 4.77. The fourth-order valence-corrected chi connectivity index (χ4v) is 3.44. The Morgan fingerprint density at radius 1 is 1.20 bits per heavy atom. The van der Waals surface area contributed by atoms with Gasteiger partial charge in [0.05, 0.1) is 5.69 Å². The van der Waals surface area contributed by atoms with Gasteiger partial charge in [0.1, 0.15) is 5.69 Å². The second-order valence-corrected chi connectivity index (χ2v) is 7.53. The van der Waals surface area contributed by atoms with E-state index in [4.69, 9.17) is 11.6 Å². The number of nitrogens with one attached hydrogen (secondary N) is 2. The molecule has 5 nitrogen and oxygen atoms in total. The number of likely N-dealkylation sites (tertiary alicyclic amines) is 1. The molecular weight excluding hydrogens is 336 g/mol. The summed E-state index contributed by atoms with van der Waals surface area (Å²) in [7, 11) is 0. The predicted molar refractivity (Wildman–Crippen MR) is 98.7 cm³/mol. The quantitative estimate of drug-likeness (QED) is 0.861. The number of amides is 1. The highest BCUT2D eigenvalue weighted by molar-refractivity contribution is 6.30. The van der Waals surface area contributed by atoms with Crippen molar-refractivity contribution < 1.29 is 4.79 Å². The van der Waals surface area contributed by atoms with Crippen LogP contribution in [0, 0.1) is 5.92 Å². The molecule has 0 spiro atoms. The van der Waals surface area contributed by atoms with Gasteiger partial charge in [-0.25, -0.2) is 0 Å². The van der Waals surface area contributed by atoms with Crippen molar-refractivity contribution in [1.29, 1.82) is 0 Å². The fraction of sp³-hybridized carbons (Fsp3) is 0.474. The normalized spacial score (nSPS) is 18.5. The van der Waals surface area contributed by atoms with E-state index in [9.17, 15) is 4.79 Å². The lowest BCUT2D eigenvalue weighted by molar-refractivity contribution is 0.0699. The lowest BCUT2D eigenvalue weighted by Crippen LogP contribution is -2.45. The molecule has 1 aromatic heterocycles. The van der Waals surface area contributed by atoms with Crippen molar-refractivity contribution in [2.45, 2.75) is 31.7 Å². The van der Waals surface area contributed by atoms with Gasteiger partial charge in [-0.15, -0.1) is 0 Å². The van der Waals surface area contributed by atoms with Crippen LogP contribution in [0.15, 0.2) is 30.3 Å². The summed E-state index contributed by atoms with van der Waals surface area (Å²) in [6.45, 7) is 2.75. The van der Waals surface area contributed by atoms with E-state index in [0.717, 1.165) is 49.7 Å². The maximum Gasteiger partial charge on any atom is 0.271 e. The number of carbonyl (C=O) groups excluding carboxylic acids is 1. The number of nitrogens with zero attached hydrogens (tertiary/aromatic N) is 2. The number of halogens is 1. The van der Waals surface area contributed by atoms with Crippen molar-refractivity contribution in [3.05, 3.63) is 41.0 Å². The molecule has 1 aromatic carbocycles. The number of rotatable bonds is 5. The van der Waals surface area contributed by atoms with E-state index < -0.39 is 0 Å². The van der Waals surface area contributed by atoms with Gasteiger partial charge in [-0.05, 0) is 56.3 Å². The van der Waals surface area contributed by atoms with E-state index in [-0.39, 0.29) is 5.91 Å². The van der Waals surface area contributed by atoms with Crippen LogP contribution in [0.5, 0.6) is 0 Å². The first-order valence-corrected chi connectivity index (χ1v) is 9.41. The zero-order valence-corrected chi connectivity index (χ0v) is 14.9. The van der Waals surface area contributed by atoms with Crippen LogP contribution in [-0.2, 0) is 0 Å². The van der Waals surface area contributed by atoms with E-state index in [2.05, 4.69) is 15.5 Å². The van der Waals surface area contributed by atoms with Crippen LogP contribution in [0.4, 0.5) is 0 Å². The molecule has 1 aliphatic heterocycles. The monoisotopic (exact) mass is 358 g/mol. The molecular formula is C19H23ClN4O. The van der Waals surface area contributed by atoms with Gasteiger partial charge in [-0.3, -0.25) is 9.89 Å². The number of benzene rings is 1. The van der Waals surface area contributed by atoms with Gasteiger partial charge in [0.15, 0.2) is 0 Å². The van der Waals surface area contributed by atoms with Gasteiger partial charge in [0.25, 0.3) is 5.91 Å². The topological polar surface area (TPSA) is 61.0 Å². The summed E-state index contributed by atoms with van der Waals surface area (Å²) in [5, 5.41) is 11.5. The fourth-order valence-electron chi connectivity index (χ4n) is 3.31. The molecule has 2 aliphatic rings. The molecule has 0 atom stereocenters. The summed E-state index contributed by atoms with van der Waals surface area (Å²) in [6.07, 6.45) is 4.80. The Balaban J connectivity index is 1.34. The Morgan fingerprint density at radius 3 is 2.60 bits per heavy atom. The number of aromatic nitrogens is 2. The van der Waals surface area contributed by atoms with Crippen molar-refractivity contribution in [2.75, 3.05) is 19.6 Å². The van der Waals surface area contributed by atoms with E-state index in [1.807, 2.05) is 35.2 Å². The van der Waals surface area contributed by atoms with Crippen molar-refractivity contribution in [2.24, 2.45) is 5.92 Å². The van der Waals surface area contributed by atoms with Gasteiger partial charge in [0.2, 0.25) is 0 Å². The van der Waals surface area contributed by atoms with Crippen LogP contribution in [0.3, 0.4) is 0 Å². The molecule has 132 valence electrons. The molecule has 25 heavy (non-hydrogen) atoms. The first-order chi connectivity index (χ1) is 12.2. The molecule has 4 rings (SSSR count). The van der Waals surface area contributed by atoms with Crippen LogP contribution >= 0.6 is 11.6 Å². The Bertz CT molecular complexity index is 730. The number of hydrogen-bond donors (Lipinski definition) is 2. The van der Waals surface area contributed by atoms with Crippen molar-refractivity contribution in [3.63, 3.8) is 0 Å². The number of aromatic amines is 1. The number of hydrogen-bond acceptors (Lipinski definition) is 3. The zero-order chi connectivity index (χ0) is 17.2. The summed E-state index contributed by atoms with van der Waals surface area (Å²) < 4.78 is 0. The third kappa shape index (κ3) is 4.05. The van der Waals surface area contributed by atoms with Gasteiger partial charge in [-0.1, -0.05) is 23.7 Å². The summed E-state index contributed by atoms with van der Waals surface area (Å²) in [4.78, 5) is 14.6. The summed E-state index contributed by atoms with van der Waals surface area (Å²) >= 11 is 5.92. The minimum Gasteiger partial charge on any atom is -0.337 e. The first kappa shape index (κ1) is 16.6. The third-order valence-electron chi connectivity index (χ3n) is 5.12. The molecule has 1 saturated carbocycles. The van der Waals surface area contributed by atoms with Gasteiger partial charge in [0, 0.05) is 29.7 Å². The van der Waals surface area contributed by atoms with E-state index >= 15 is 0 Å². The predicted octanol–water partition coefficient (Wildman–Crippen LogP) is 3.33. The molecule has 1 aliphatic carbocycles. The lowest BCUT2D eigenvalue weighted by Gasteiger charge is -2.32. The molecule has 0 radical (unpaired) electrons. The molecule has 1 amide bonds. The van der Waals surface area contributed by atoms with E-state index in [1.165, 1.54) is 12.8 Å². The molecule has 0 unspecified atom stereocenters. The van der Waals surface area contributed by atoms with Gasteiger partial charge < -0.3 is 10.2 Å². The Labute approximate surface area is 152 Å². The SMILES string of the molecule is O=C(c1cc(-c2ccc(Cl)cc2)n[nH]1)N1CCC(NCC2CC2)CC1. The highest BCUT2D eigenvalue weighted by atomic mass is 35.5. The molecule has 2 fully saturated rings. The maximum absolute atomic E-state index is 12.7. The first-order valence-electron chi connectivity index (χ1n) is 9.03. The van der Waals surface area contributed by atoms with Crippen molar-refractivity contribution in [1.82, 2.24) is 20.4 Å². The Morgan fingerprint density at radius 2 is 1.92 bits per heavy atom. The van der Waals surface area contributed by atoms with Crippen LogP contribution in [0.2, 0.25) is 5.02 Å². The second kappa shape index (κ2) is 7.18. The summed E-state index contributed by atoms with van der Waals surface area (Å²) in [5.74, 6) is 0.935. The number of H-pyrrole nitrogens is 1. The van der Waals surface area contributed by atoms with E-state index in [0.29, 0.717) is 16.8 Å². The smallest absolute Gasteiger partial charge is 0.271 e. The summed E-state index contributed by atoms with van der Waals surface area (Å²) in [6, 6.07) is 9.84. The minimum absolute atomic E-state index is 0.0355. The minimum atomic E-state index is 0.0355. The van der Waals surface area contributed by atoms with Crippen LogP contribution < -0.4 is 5.32 Å². The molecule has 2 N–H and O–H groups in total. The largest absolute Gasteiger partial charge is 0.337 e. The number of piperidine rings is 1. The number of carbonyl (C=O) groups is 1. The average molecular weight is 359 g/mol. The highest BCUT2D eigenvalue weighted by Crippen LogP contribution is 2.28. The average Bonchev–Trinajstić information content (AvgIpc) is 3.35. The van der Waals surface area contributed by atoms with Crippen LogP contribution in [0.25, 0.3) is 11.3 Å². The van der Waals surface area contributed by atoms with Gasteiger partial charge in [-0.2, -0.15) is 5.10 Å². The summed E-state index contributed by atoms with van der Waals surface area (Å²) in [5.41, 5.74) is 2.26. The highest BCUT2D eigenvalue weighted by Gasteiger charge is 2.27.